The molecule has 0 bridgehead atoms. The molecule has 3 aromatic rings. The summed E-state index contributed by atoms with van der Waals surface area (Å²) in [5.41, 5.74) is 1.88. The van der Waals surface area contributed by atoms with Crippen LogP contribution in [0.4, 0.5) is 4.79 Å². The lowest BCUT2D eigenvalue weighted by atomic mass is 9.90. The molecule has 2 aromatic carbocycles. The van der Waals surface area contributed by atoms with Gasteiger partial charge in [0.1, 0.15) is 29.2 Å². The summed E-state index contributed by atoms with van der Waals surface area (Å²) in [6.07, 6.45) is 0.257. The van der Waals surface area contributed by atoms with Gasteiger partial charge in [0.15, 0.2) is 0 Å². The first-order chi connectivity index (χ1) is 20.5. The van der Waals surface area contributed by atoms with Crippen molar-refractivity contribution in [1.82, 2.24) is 20.7 Å². The van der Waals surface area contributed by atoms with E-state index in [1.54, 1.807) is 18.7 Å². The summed E-state index contributed by atoms with van der Waals surface area (Å²) in [6, 6.07) is 17.2. The van der Waals surface area contributed by atoms with Crippen LogP contribution in [0.25, 0.3) is 11.3 Å². The number of amides is 3. The zero-order valence-electron chi connectivity index (χ0n) is 25.4. The Balaban J connectivity index is 1.41. The third kappa shape index (κ3) is 7.49. The Morgan fingerprint density at radius 3 is 2.35 bits per heavy atom. The second-order valence-electron chi connectivity index (χ2n) is 11.7. The molecule has 0 aliphatic carbocycles. The first-order valence-electron chi connectivity index (χ1n) is 14.7. The number of aromatic nitrogens is 1. The number of alkyl carbamates (subject to hydrolysis) is 1. The van der Waals surface area contributed by atoms with Crippen molar-refractivity contribution in [3.63, 3.8) is 0 Å². The van der Waals surface area contributed by atoms with Crippen molar-refractivity contribution in [3.8, 4) is 11.3 Å². The summed E-state index contributed by atoms with van der Waals surface area (Å²) in [5, 5.41) is 9.47. The summed E-state index contributed by atoms with van der Waals surface area (Å²) in [7, 11) is 0. The van der Waals surface area contributed by atoms with Crippen LogP contribution in [0, 0.1) is 12.3 Å². The number of hydrogen-bond acceptors (Lipinski definition) is 7. The summed E-state index contributed by atoms with van der Waals surface area (Å²) < 4.78 is 11.2. The molecule has 0 radical (unpaired) electrons. The third-order valence-electron chi connectivity index (χ3n) is 7.84. The monoisotopic (exact) mass is 588 g/mol. The number of ether oxygens (including phenoxy) is 1. The standard InChI is InChI=1S/C33H40N4O6/c1-6-7-18-25(29(38)30(39)34-21(2)23-14-10-8-11-15-23)35-32(41)42-26-19-37(20-33(26,4)5)31(40)27-22(3)43-36-28(27)24-16-12-9-13-17-24/h8-17,21,25-26H,6-7,18-20H2,1-5H3,(H,34,39)(H,35,41)/t21-,25+,26-/m1/s1. The lowest BCUT2D eigenvalue weighted by molar-refractivity contribution is -0.139. The fourth-order valence-electron chi connectivity index (χ4n) is 5.27. The number of carbonyl (C=O) groups is 4. The smallest absolute Gasteiger partial charge is 0.408 e. The van der Waals surface area contributed by atoms with Crippen LogP contribution in [-0.4, -0.2) is 59.0 Å². The molecule has 43 heavy (non-hydrogen) atoms. The highest BCUT2D eigenvalue weighted by Crippen LogP contribution is 2.35. The highest BCUT2D eigenvalue weighted by atomic mass is 16.6. The quantitative estimate of drug-likeness (QED) is 0.293. The summed E-state index contributed by atoms with van der Waals surface area (Å²) in [6.45, 7) is 9.76. The van der Waals surface area contributed by atoms with Crippen LogP contribution in [0.5, 0.6) is 0 Å². The molecule has 228 valence electrons. The molecule has 1 fully saturated rings. The molecular formula is C33H40N4O6. The van der Waals surface area contributed by atoms with Crippen molar-refractivity contribution in [2.45, 2.75) is 72.1 Å². The van der Waals surface area contributed by atoms with E-state index in [-0.39, 0.29) is 18.5 Å². The lowest BCUT2D eigenvalue weighted by Gasteiger charge is -2.26. The Morgan fingerprint density at radius 2 is 1.70 bits per heavy atom. The van der Waals surface area contributed by atoms with E-state index < -0.39 is 35.3 Å². The molecule has 0 spiro atoms. The van der Waals surface area contributed by atoms with Crippen molar-refractivity contribution in [2.75, 3.05) is 13.1 Å². The van der Waals surface area contributed by atoms with E-state index in [9.17, 15) is 19.2 Å². The fraction of sp³-hybridized carbons (Fsp3) is 0.424. The summed E-state index contributed by atoms with van der Waals surface area (Å²) in [5.74, 6) is -1.36. The highest BCUT2D eigenvalue weighted by molar-refractivity contribution is 6.38. The minimum Gasteiger partial charge on any atom is -0.444 e. The first kappa shape index (κ1) is 31.5. The maximum absolute atomic E-state index is 13.7. The van der Waals surface area contributed by atoms with Gasteiger partial charge < -0.3 is 24.8 Å². The van der Waals surface area contributed by atoms with Gasteiger partial charge in [0.05, 0.1) is 12.6 Å². The Labute approximate surface area is 252 Å². The van der Waals surface area contributed by atoms with Crippen molar-refractivity contribution in [1.29, 1.82) is 0 Å². The average molecular weight is 589 g/mol. The van der Waals surface area contributed by atoms with Crippen LogP contribution in [0.1, 0.15) is 74.7 Å². The van der Waals surface area contributed by atoms with Crippen molar-refractivity contribution in [2.24, 2.45) is 5.41 Å². The van der Waals surface area contributed by atoms with E-state index in [4.69, 9.17) is 9.26 Å². The van der Waals surface area contributed by atoms with Crippen LogP contribution in [-0.2, 0) is 14.3 Å². The minimum absolute atomic E-state index is 0.154. The molecule has 10 nitrogen and oxygen atoms in total. The van der Waals surface area contributed by atoms with Crippen LogP contribution >= 0.6 is 0 Å². The average Bonchev–Trinajstić information content (AvgIpc) is 3.53. The maximum atomic E-state index is 13.7. The summed E-state index contributed by atoms with van der Waals surface area (Å²) in [4.78, 5) is 54.3. The minimum atomic E-state index is -1.04. The molecule has 1 aliphatic rings. The molecule has 10 heteroatoms. The highest BCUT2D eigenvalue weighted by Gasteiger charge is 2.45. The topological polar surface area (TPSA) is 131 Å². The number of nitrogens with zero attached hydrogens (tertiary/aromatic N) is 2. The molecule has 3 amide bonds. The van der Waals surface area contributed by atoms with Crippen LogP contribution in [0.3, 0.4) is 0 Å². The Bertz CT molecular complexity index is 1440. The number of carbonyl (C=O) groups excluding carboxylic acids is 4. The van der Waals surface area contributed by atoms with Gasteiger partial charge in [-0.3, -0.25) is 14.4 Å². The van der Waals surface area contributed by atoms with E-state index in [1.807, 2.05) is 81.4 Å². The van der Waals surface area contributed by atoms with Crippen molar-refractivity contribution >= 4 is 23.7 Å². The molecule has 3 atom stereocenters. The molecule has 2 N–H and O–H groups in total. The number of ketones is 1. The predicted molar refractivity (Wildman–Crippen MR) is 161 cm³/mol. The zero-order valence-corrected chi connectivity index (χ0v) is 25.4. The number of aryl methyl sites for hydroxylation is 1. The number of Topliss-reactive ketones (excluding diaryl/α,β-unsaturated/α-hetero) is 1. The molecule has 4 rings (SSSR count). The number of nitrogens with one attached hydrogen (secondary N) is 2. The van der Waals surface area contributed by atoms with E-state index in [2.05, 4.69) is 15.8 Å². The van der Waals surface area contributed by atoms with Gasteiger partial charge in [-0.25, -0.2) is 4.79 Å². The van der Waals surface area contributed by atoms with Gasteiger partial charge in [-0.2, -0.15) is 0 Å². The van der Waals surface area contributed by atoms with E-state index in [0.29, 0.717) is 36.4 Å². The molecule has 1 aromatic heterocycles. The van der Waals surface area contributed by atoms with Crippen molar-refractivity contribution < 1.29 is 28.4 Å². The number of unbranched alkanes of at least 4 members (excludes halogenated alkanes) is 1. The van der Waals surface area contributed by atoms with E-state index in [1.165, 1.54) is 0 Å². The first-order valence-corrected chi connectivity index (χ1v) is 14.7. The van der Waals surface area contributed by atoms with Crippen LogP contribution < -0.4 is 10.6 Å². The molecule has 1 saturated heterocycles. The van der Waals surface area contributed by atoms with Gasteiger partial charge in [0.2, 0.25) is 5.78 Å². The third-order valence-corrected chi connectivity index (χ3v) is 7.84. The molecule has 0 unspecified atom stereocenters. The SMILES string of the molecule is CCCC[C@H](NC(=O)O[C@@H]1CN(C(=O)c2c(-c3ccccc3)noc2C)CC1(C)C)C(=O)C(=O)N[C@H](C)c1ccccc1. The number of likely N-dealkylation sites (tertiary alicyclic amines) is 1. The summed E-state index contributed by atoms with van der Waals surface area (Å²) >= 11 is 0. The van der Waals surface area contributed by atoms with Crippen LogP contribution in [0.2, 0.25) is 0 Å². The fourth-order valence-corrected chi connectivity index (χ4v) is 5.27. The Hall–Kier alpha value is -4.47. The second kappa shape index (κ2) is 13.7. The van der Waals surface area contributed by atoms with Gasteiger partial charge in [0.25, 0.3) is 11.8 Å². The number of hydrogen-bond donors (Lipinski definition) is 2. The Morgan fingerprint density at radius 1 is 1.05 bits per heavy atom. The van der Waals surface area contributed by atoms with Gasteiger partial charge in [-0.1, -0.05) is 99.4 Å². The molecule has 2 heterocycles. The van der Waals surface area contributed by atoms with Crippen LogP contribution in [0.15, 0.2) is 65.2 Å². The zero-order chi connectivity index (χ0) is 31.1. The van der Waals surface area contributed by atoms with Gasteiger partial charge in [0, 0.05) is 17.5 Å². The van der Waals surface area contributed by atoms with Gasteiger partial charge in [-0.05, 0) is 25.8 Å². The largest absolute Gasteiger partial charge is 0.444 e. The van der Waals surface area contributed by atoms with Crippen molar-refractivity contribution in [3.05, 3.63) is 77.6 Å². The maximum Gasteiger partial charge on any atom is 0.408 e. The molecule has 1 aliphatic heterocycles. The van der Waals surface area contributed by atoms with E-state index in [0.717, 1.165) is 17.5 Å². The Kier molecular flexibility index (Phi) is 10.0. The van der Waals surface area contributed by atoms with Gasteiger partial charge >= 0.3 is 6.09 Å². The predicted octanol–water partition coefficient (Wildman–Crippen LogP) is 5.23. The molecular weight excluding hydrogens is 548 g/mol. The van der Waals surface area contributed by atoms with E-state index >= 15 is 0 Å². The van der Waals surface area contributed by atoms with Gasteiger partial charge in [-0.15, -0.1) is 0 Å². The molecule has 0 saturated carbocycles. The normalized spacial score (nSPS) is 17.1. The second-order valence-corrected chi connectivity index (χ2v) is 11.7. The lowest BCUT2D eigenvalue weighted by Crippen LogP contribution is -2.49. The number of rotatable bonds is 11. The number of benzene rings is 2.